The van der Waals surface area contributed by atoms with Gasteiger partial charge >= 0.3 is 0 Å². The number of rotatable bonds is 5. The summed E-state index contributed by atoms with van der Waals surface area (Å²) >= 11 is 0. The molecule has 2 amide bonds. The molecule has 0 spiro atoms. The number of piperidine rings is 1. The first-order valence-corrected chi connectivity index (χ1v) is 9.38. The van der Waals surface area contributed by atoms with Crippen molar-refractivity contribution in [3.05, 3.63) is 71.8 Å². The lowest BCUT2D eigenvalue weighted by molar-refractivity contribution is -0.135. The molecule has 4 nitrogen and oxygen atoms in total. The molecule has 2 aromatic rings. The standard InChI is InChI=1S/C22H26N2O2/c1-2-17-10-9-15-24(16-17)22(26)20(18-11-5-3-6-12-18)23-21(25)19-13-7-4-8-14-19/h3-8,11-14,17,20H,2,9-10,15-16H2,1H3,(H,23,25). The molecule has 1 N–H and O–H groups in total. The van der Waals surface area contributed by atoms with E-state index in [1.54, 1.807) is 12.1 Å². The van der Waals surface area contributed by atoms with E-state index in [2.05, 4.69) is 12.2 Å². The first-order valence-electron chi connectivity index (χ1n) is 9.38. The first kappa shape index (κ1) is 18.2. The average molecular weight is 350 g/mol. The monoisotopic (exact) mass is 350 g/mol. The summed E-state index contributed by atoms with van der Waals surface area (Å²) in [6, 6.07) is 17.9. The number of likely N-dealkylation sites (tertiary alicyclic amines) is 1. The molecule has 2 aromatic carbocycles. The summed E-state index contributed by atoms with van der Waals surface area (Å²) in [7, 11) is 0. The third-order valence-corrected chi connectivity index (χ3v) is 5.10. The molecule has 0 aliphatic carbocycles. The van der Waals surface area contributed by atoms with Crippen molar-refractivity contribution in [2.24, 2.45) is 5.92 Å². The minimum absolute atomic E-state index is 0.0152. The second-order valence-electron chi connectivity index (χ2n) is 6.88. The molecular weight excluding hydrogens is 324 g/mol. The van der Waals surface area contributed by atoms with Gasteiger partial charge in [-0.1, -0.05) is 61.9 Å². The third-order valence-electron chi connectivity index (χ3n) is 5.10. The van der Waals surface area contributed by atoms with Crippen LogP contribution < -0.4 is 5.32 Å². The van der Waals surface area contributed by atoms with Crippen molar-refractivity contribution < 1.29 is 9.59 Å². The highest BCUT2D eigenvalue weighted by atomic mass is 16.2. The Morgan fingerprint density at radius 2 is 1.73 bits per heavy atom. The van der Waals surface area contributed by atoms with Crippen LogP contribution in [0.25, 0.3) is 0 Å². The molecule has 1 heterocycles. The van der Waals surface area contributed by atoms with E-state index in [-0.39, 0.29) is 11.8 Å². The van der Waals surface area contributed by atoms with Gasteiger partial charge in [0.25, 0.3) is 5.91 Å². The Labute approximate surface area is 155 Å². The Bertz CT molecular complexity index is 730. The Kier molecular flexibility index (Phi) is 6.05. The fourth-order valence-corrected chi connectivity index (χ4v) is 3.52. The summed E-state index contributed by atoms with van der Waals surface area (Å²) in [5, 5.41) is 2.95. The highest BCUT2D eigenvalue weighted by molar-refractivity contribution is 5.97. The largest absolute Gasteiger partial charge is 0.340 e. The van der Waals surface area contributed by atoms with Crippen LogP contribution in [0.2, 0.25) is 0 Å². The van der Waals surface area contributed by atoms with Crippen LogP contribution >= 0.6 is 0 Å². The second kappa shape index (κ2) is 8.65. The molecule has 0 radical (unpaired) electrons. The Morgan fingerprint density at radius 3 is 2.38 bits per heavy atom. The van der Waals surface area contributed by atoms with E-state index >= 15 is 0 Å². The van der Waals surface area contributed by atoms with Crippen LogP contribution in [0.1, 0.15) is 48.1 Å². The van der Waals surface area contributed by atoms with Crippen LogP contribution in [-0.4, -0.2) is 29.8 Å². The molecule has 0 bridgehead atoms. The van der Waals surface area contributed by atoms with Gasteiger partial charge in [0.2, 0.25) is 5.91 Å². The van der Waals surface area contributed by atoms with Crippen molar-refractivity contribution in [1.82, 2.24) is 10.2 Å². The smallest absolute Gasteiger partial charge is 0.252 e. The zero-order chi connectivity index (χ0) is 18.4. The van der Waals surface area contributed by atoms with Crippen LogP contribution in [0.4, 0.5) is 0 Å². The lowest BCUT2D eigenvalue weighted by Crippen LogP contribution is -2.46. The minimum Gasteiger partial charge on any atom is -0.340 e. The number of hydrogen-bond donors (Lipinski definition) is 1. The predicted molar refractivity (Wildman–Crippen MR) is 103 cm³/mol. The minimum atomic E-state index is -0.653. The van der Waals surface area contributed by atoms with E-state index in [0.717, 1.165) is 31.5 Å². The number of carbonyl (C=O) groups excluding carboxylic acids is 2. The molecule has 1 aliphatic heterocycles. The number of carbonyl (C=O) groups is 2. The quantitative estimate of drug-likeness (QED) is 0.891. The molecule has 0 saturated carbocycles. The van der Waals surface area contributed by atoms with Crippen LogP contribution in [0, 0.1) is 5.92 Å². The maximum Gasteiger partial charge on any atom is 0.252 e. The van der Waals surface area contributed by atoms with Crippen LogP contribution in [-0.2, 0) is 4.79 Å². The number of nitrogens with zero attached hydrogens (tertiary/aromatic N) is 1. The molecule has 1 aliphatic rings. The van der Waals surface area contributed by atoms with E-state index in [1.165, 1.54) is 6.42 Å². The summed E-state index contributed by atoms with van der Waals surface area (Å²) in [5.74, 6) is 0.310. The second-order valence-corrected chi connectivity index (χ2v) is 6.88. The molecule has 26 heavy (non-hydrogen) atoms. The van der Waals surface area contributed by atoms with Gasteiger partial charge in [-0.3, -0.25) is 9.59 Å². The fourth-order valence-electron chi connectivity index (χ4n) is 3.52. The van der Waals surface area contributed by atoms with Crippen molar-refractivity contribution in [3.8, 4) is 0 Å². The van der Waals surface area contributed by atoms with Crippen molar-refractivity contribution >= 4 is 11.8 Å². The van der Waals surface area contributed by atoms with E-state index < -0.39 is 6.04 Å². The van der Waals surface area contributed by atoms with Crippen molar-refractivity contribution in [3.63, 3.8) is 0 Å². The van der Waals surface area contributed by atoms with Gasteiger partial charge in [-0.2, -0.15) is 0 Å². The molecule has 4 heteroatoms. The predicted octanol–water partition coefficient (Wildman–Crippen LogP) is 3.81. The summed E-state index contributed by atoms with van der Waals surface area (Å²) in [5.41, 5.74) is 1.38. The van der Waals surface area contributed by atoms with Gasteiger partial charge in [0.1, 0.15) is 6.04 Å². The molecule has 0 aromatic heterocycles. The van der Waals surface area contributed by atoms with Crippen molar-refractivity contribution in [2.45, 2.75) is 32.2 Å². The summed E-state index contributed by atoms with van der Waals surface area (Å²) in [6.45, 7) is 3.71. The fraction of sp³-hybridized carbons (Fsp3) is 0.364. The highest BCUT2D eigenvalue weighted by Crippen LogP contribution is 2.23. The van der Waals surface area contributed by atoms with Gasteiger partial charge in [0.15, 0.2) is 0 Å². The van der Waals surface area contributed by atoms with Gasteiger partial charge in [-0.05, 0) is 36.5 Å². The Hall–Kier alpha value is -2.62. The maximum atomic E-state index is 13.2. The lowest BCUT2D eigenvalue weighted by atomic mass is 9.94. The lowest BCUT2D eigenvalue weighted by Gasteiger charge is -2.35. The molecule has 2 atom stereocenters. The van der Waals surface area contributed by atoms with Crippen LogP contribution in [0.5, 0.6) is 0 Å². The SMILES string of the molecule is CCC1CCCN(C(=O)C(NC(=O)c2ccccc2)c2ccccc2)C1. The molecular formula is C22H26N2O2. The van der Waals surface area contributed by atoms with Crippen LogP contribution in [0.15, 0.2) is 60.7 Å². The van der Waals surface area contributed by atoms with Crippen molar-refractivity contribution in [1.29, 1.82) is 0 Å². The Morgan fingerprint density at radius 1 is 1.08 bits per heavy atom. The zero-order valence-electron chi connectivity index (χ0n) is 15.2. The zero-order valence-corrected chi connectivity index (χ0v) is 15.2. The molecule has 1 fully saturated rings. The average Bonchev–Trinajstić information content (AvgIpc) is 2.72. The first-order chi connectivity index (χ1) is 12.7. The van der Waals surface area contributed by atoms with Crippen molar-refractivity contribution in [2.75, 3.05) is 13.1 Å². The molecule has 136 valence electrons. The summed E-state index contributed by atoms with van der Waals surface area (Å²) in [6.07, 6.45) is 3.28. The molecule has 1 saturated heterocycles. The highest BCUT2D eigenvalue weighted by Gasteiger charge is 2.30. The van der Waals surface area contributed by atoms with E-state index in [1.807, 2.05) is 53.4 Å². The van der Waals surface area contributed by atoms with Crippen LogP contribution in [0.3, 0.4) is 0 Å². The summed E-state index contributed by atoms with van der Waals surface area (Å²) < 4.78 is 0. The number of hydrogen-bond acceptors (Lipinski definition) is 2. The van der Waals surface area contributed by atoms with Gasteiger partial charge in [-0.25, -0.2) is 0 Å². The molecule has 2 unspecified atom stereocenters. The summed E-state index contributed by atoms with van der Waals surface area (Å²) in [4.78, 5) is 27.8. The maximum absolute atomic E-state index is 13.2. The van der Waals surface area contributed by atoms with Gasteiger partial charge < -0.3 is 10.2 Å². The van der Waals surface area contributed by atoms with Gasteiger partial charge in [-0.15, -0.1) is 0 Å². The number of nitrogens with one attached hydrogen (secondary N) is 1. The third kappa shape index (κ3) is 4.31. The van der Waals surface area contributed by atoms with Gasteiger partial charge in [0.05, 0.1) is 0 Å². The number of amides is 2. The van der Waals surface area contributed by atoms with E-state index in [9.17, 15) is 9.59 Å². The molecule has 3 rings (SSSR count). The van der Waals surface area contributed by atoms with E-state index in [4.69, 9.17) is 0 Å². The van der Waals surface area contributed by atoms with E-state index in [0.29, 0.717) is 11.5 Å². The van der Waals surface area contributed by atoms with Gasteiger partial charge in [0, 0.05) is 18.7 Å². The Balaban J connectivity index is 1.82. The number of benzene rings is 2. The topological polar surface area (TPSA) is 49.4 Å². The normalized spacial score (nSPS) is 18.2.